The molecular formula is C33H57BrN2O4. The zero-order chi connectivity index (χ0) is 28.0. The van der Waals surface area contributed by atoms with E-state index < -0.39 is 0 Å². The van der Waals surface area contributed by atoms with Crippen LogP contribution in [-0.4, -0.2) is 76.7 Å². The van der Waals surface area contributed by atoms with Gasteiger partial charge in [-0.05, 0) is 104 Å². The number of aliphatic hydroxyl groups excluding tert-OH is 3. The zero-order valence-electron chi connectivity index (χ0n) is 25.4. The van der Waals surface area contributed by atoms with Gasteiger partial charge in [-0.1, -0.05) is 27.4 Å². The number of quaternary nitrogens is 1. The minimum atomic E-state index is -0.368. The SMILES string of the molecule is C=CC[N+]1(CCNC(=O)CC[C@@H](C)[C@H]2CC[C@H]3[C@@H]4[C@H](O)C[C@@H]5C[C@H](O)CC[C@]5(C)[C@H]4C[C@H](O)[C@]23C)CCCC1.[Br-]. The minimum absolute atomic E-state index is 0. The highest BCUT2D eigenvalue weighted by Gasteiger charge is 2.65. The fourth-order valence-corrected chi connectivity index (χ4v) is 11.0. The van der Waals surface area contributed by atoms with Crippen LogP contribution in [0.15, 0.2) is 12.7 Å². The molecule has 1 aliphatic heterocycles. The Hall–Kier alpha value is -0.470. The van der Waals surface area contributed by atoms with E-state index in [4.69, 9.17) is 0 Å². The molecular weight excluding hydrogens is 568 g/mol. The van der Waals surface area contributed by atoms with Crippen molar-refractivity contribution in [2.24, 2.45) is 46.3 Å². The summed E-state index contributed by atoms with van der Waals surface area (Å²) < 4.78 is 1.06. The second-order valence-corrected chi connectivity index (χ2v) is 15.1. The van der Waals surface area contributed by atoms with Crippen molar-refractivity contribution in [3.63, 3.8) is 0 Å². The molecule has 6 nitrogen and oxygen atoms in total. The lowest BCUT2D eigenvalue weighted by Gasteiger charge is -2.63. The molecule has 1 amide bonds. The van der Waals surface area contributed by atoms with E-state index in [2.05, 4.69) is 32.7 Å². The van der Waals surface area contributed by atoms with Gasteiger partial charge in [0.25, 0.3) is 0 Å². The third-order valence-corrected chi connectivity index (χ3v) is 13.3. The number of aliphatic hydroxyl groups is 3. The summed E-state index contributed by atoms with van der Waals surface area (Å²) in [5.41, 5.74) is -0.0961. The summed E-state index contributed by atoms with van der Waals surface area (Å²) in [6.07, 6.45) is 11.4. The Morgan fingerprint density at radius 3 is 2.50 bits per heavy atom. The van der Waals surface area contributed by atoms with Crippen LogP contribution >= 0.6 is 0 Å². The van der Waals surface area contributed by atoms with E-state index in [-0.39, 0.29) is 57.9 Å². The summed E-state index contributed by atoms with van der Waals surface area (Å²) in [5.74, 6) is 2.15. The number of nitrogens with zero attached hydrogens (tertiary/aromatic N) is 1. The lowest BCUT2D eigenvalue weighted by atomic mass is 9.43. The average Bonchev–Trinajstić information content (AvgIpc) is 3.50. The summed E-state index contributed by atoms with van der Waals surface area (Å²) in [5, 5.41) is 36.8. The number of amides is 1. The lowest BCUT2D eigenvalue weighted by Crippen LogP contribution is -3.00. The van der Waals surface area contributed by atoms with Crippen molar-refractivity contribution in [3.8, 4) is 0 Å². The molecule has 0 radical (unpaired) electrons. The Balaban J connectivity index is 0.00000370. The maximum atomic E-state index is 12.8. The molecule has 1 saturated heterocycles. The van der Waals surface area contributed by atoms with E-state index in [0.29, 0.717) is 36.0 Å². The number of likely N-dealkylation sites (tertiary alicyclic amines) is 1. The van der Waals surface area contributed by atoms with Crippen LogP contribution in [0.2, 0.25) is 0 Å². The summed E-state index contributed by atoms with van der Waals surface area (Å²) >= 11 is 0. The van der Waals surface area contributed by atoms with Gasteiger partial charge in [-0.3, -0.25) is 4.79 Å². The van der Waals surface area contributed by atoms with E-state index >= 15 is 0 Å². The summed E-state index contributed by atoms with van der Waals surface area (Å²) in [7, 11) is 0. The molecule has 4 saturated carbocycles. The van der Waals surface area contributed by atoms with Crippen LogP contribution < -0.4 is 22.3 Å². The predicted molar refractivity (Wildman–Crippen MR) is 155 cm³/mol. The van der Waals surface area contributed by atoms with Crippen LogP contribution in [0.4, 0.5) is 0 Å². The minimum Gasteiger partial charge on any atom is -1.00 e. The molecule has 1 heterocycles. The van der Waals surface area contributed by atoms with Crippen LogP contribution in [-0.2, 0) is 4.79 Å². The largest absolute Gasteiger partial charge is 1.00 e. The molecule has 0 bridgehead atoms. The number of fused-ring (bicyclic) bond motifs is 5. The first-order valence-corrected chi connectivity index (χ1v) is 16.3. The lowest BCUT2D eigenvalue weighted by molar-refractivity contribution is -0.910. The van der Waals surface area contributed by atoms with Gasteiger partial charge in [0.15, 0.2) is 0 Å². The third-order valence-electron chi connectivity index (χ3n) is 13.3. The maximum Gasteiger partial charge on any atom is 0.220 e. The first kappa shape index (κ1) is 32.4. The highest BCUT2D eigenvalue weighted by Crippen LogP contribution is 2.68. The van der Waals surface area contributed by atoms with Crippen molar-refractivity contribution in [2.45, 2.75) is 110 Å². The second kappa shape index (κ2) is 12.6. The fourth-order valence-electron chi connectivity index (χ4n) is 11.0. The van der Waals surface area contributed by atoms with Crippen LogP contribution in [0.5, 0.6) is 0 Å². The molecule has 4 aliphatic carbocycles. The Morgan fingerprint density at radius 1 is 1.07 bits per heavy atom. The van der Waals surface area contributed by atoms with Gasteiger partial charge >= 0.3 is 0 Å². The van der Waals surface area contributed by atoms with E-state index in [9.17, 15) is 20.1 Å². The van der Waals surface area contributed by atoms with Gasteiger partial charge in [-0.15, -0.1) is 0 Å². The average molecular weight is 626 g/mol. The van der Waals surface area contributed by atoms with Gasteiger partial charge in [0.2, 0.25) is 5.91 Å². The Bertz CT molecular complexity index is 896. The molecule has 0 aromatic heterocycles. The number of carbonyl (C=O) groups is 1. The number of hydrogen-bond donors (Lipinski definition) is 4. The Labute approximate surface area is 253 Å². The summed E-state index contributed by atoms with van der Waals surface area (Å²) in [6, 6.07) is 0. The first-order valence-electron chi connectivity index (χ1n) is 16.3. The van der Waals surface area contributed by atoms with Gasteiger partial charge < -0.3 is 42.1 Å². The molecule has 0 unspecified atom stereocenters. The molecule has 0 aromatic carbocycles. The van der Waals surface area contributed by atoms with Crippen molar-refractivity contribution < 1.29 is 41.6 Å². The Kier molecular flexibility index (Phi) is 10.3. The summed E-state index contributed by atoms with van der Waals surface area (Å²) in [6.45, 7) is 16.0. The molecule has 7 heteroatoms. The van der Waals surface area contributed by atoms with Crippen LogP contribution in [0.3, 0.4) is 0 Å². The van der Waals surface area contributed by atoms with Crippen molar-refractivity contribution in [2.75, 3.05) is 32.7 Å². The fraction of sp³-hybridized carbons (Fsp3) is 0.909. The van der Waals surface area contributed by atoms with Gasteiger partial charge in [0.1, 0.15) is 0 Å². The van der Waals surface area contributed by atoms with E-state index in [1.54, 1.807) is 0 Å². The van der Waals surface area contributed by atoms with Gasteiger partial charge in [-0.2, -0.15) is 0 Å². The number of carbonyl (C=O) groups excluding carboxylic acids is 1. The molecule has 0 aromatic rings. The van der Waals surface area contributed by atoms with Gasteiger partial charge in [0, 0.05) is 19.3 Å². The van der Waals surface area contributed by atoms with Crippen molar-refractivity contribution in [3.05, 3.63) is 12.7 Å². The molecule has 11 atom stereocenters. The molecule has 40 heavy (non-hydrogen) atoms. The molecule has 5 fully saturated rings. The number of hydrogen-bond acceptors (Lipinski definition) is 4. The van der Waals surface area contributed by atoms with Crippen molar-refractivity contribution in [1.82, 2.24) is 5.32 Å². The highest BCUT2D eigenvalue weighted by molar-refractivity contribution is 5.75. The standard InChI is InChI=1S/C33H56N2O4.BrH/c1-5-15-35(16-6-7-17-35)18-14-34-30(39)11-8-22(2)25-9-10-26-31-27(21-29(38)33(25,26)4)32(3)13-12-24(36)19-23(32)20-28(31)37;/h5,22-29,31,36-38H,1,6-21H2,2-4H3;1H/t22-,23+,24-,25-,26+,27+,28-,29+,31+,32+,33-;/m1./s1. The van der Waals surface area contributed by atoms with Crippen molar-refractivity contribution in [1.29, 1.82) is 0 Å². The van der Waals surface area contributed by atoms with E-state index in [1.807, 2.05) is 6.08 Å². The third kappa shape index (κ3) is 5.73. The van der Waals surface area contributed by atoms with Crippen LogP contribution in [0, 0.1) is 46.3 Å². The topological polar surface area (TPSA) is 89.8 Å². The molecule has 5 aliphatic rings. The predicted octanol–water partition coefficient (Wildman–Crippen LogP) is 1.28. The van der Waals surface area contributed by atoms with Crippen LogP contribution in [0.25, 0.3) is 0 Å². The first-order chi connectivity index (χ1) is 18.5. The number of nitrogens with one attached hydrogen (secondary N) is 1. The van der Waals surface area contributed by atoms with Crippen LogP contribution in [0.1, 0.15) is 91.4 Å². The van der Waals surface area contributed by atoms with E-state index in [1.165, 1.54) is 25.9 Å². The summed E-state index contributed by atoms with van der Waals surface area (Å²) in [4.78, 5) is 12.8. The maximum absolute atomic E-state index is 12.8. The number of halogens is 1. The molecule has 4 N–H and O–H groups in total. The molecule has 5 rings (SSSR count). The quantitative estimate of drug-likeness (QED) is 0.230. The van der Waals surface area contributed by atoms with E-state index in [0.717, 1.165) is 75.5 Å². The molecule has 230 valence electrons. The zero-order valence-corrected chi connectivity index (χ0v) is 27.0. The van der Waals surface area contributed by atoms with Crippen molar-refractivity contribution >= 4 is 5.91 Å². The van der Waals surface area contributed by atoms with Gasteiger partial charge in [-0.25, -0.2) is 0 Å². The number of rotatable bonds is 9. The normalized spacial score (nSPS) is 44.5. The van der Waals surface area contributed by atoms with Gasteiger partial charge in [0.05, 0.1) is 51.0 Å². The molecule has 0 spiro atoms. The highest BCUT2D eigenvalue weighted by atomic mass is 79.9. The monoisotopic (exact) mass is 624 g/mol. The Morgan fingerprint density at radius 2 is 1.80 bits per heavy atom. The second-order valence-electron chi connectivity index (χ2n) is 15.1. The smallest absolute Gasteiger partial charge is 0.220 e.